The minimum Gasteiger partial charge on any atom is -0.368 e. The predicted octanol–water partition coefficient (Wildman–Crippen LogP) is 4.41. The van der Waals surface area contributed by atoms with Crippen molar-refractivity contribution >= 4 is 33.1 Å². The molecule has 3 heterocycles. The second kappa shape index (κ2) is 8.72. The van der Waals surface area contributed by atoms with Crippen LogP contribution in [0, 0.1) is 17.6 Å². The summed E-state index contributed by atoms with van der Waals surface area (Å²) in [6.07, 6.45) is 4.26. The van der Waals surface area contributed by atoms with Crippen molar-refractivity contribution in [3.8, 4) is 0 Å². The summed E-state index contributed by atoms with van der Waals surface area (Å²) in [6.45, 7) is 5.18. The zero-order valence-electron chi connectivity index (χ0n) is 17.5. The summed E-state index contributed by atoms with van der Waals surface area (Å²) in [5.74, 6) is -4.01. The van der Waals surface area contributed by atoms with E-state index in [0.717, 1.165) is 50.6 Å². The Morgan fingerprint density at radius 3 is 2.53 bits per heavy atom. The third-order valence-corrected chi connectivity index (χ3v) is 7.98. The smallest absolute Gasteiger partial charge is 0.268 e. The summed E-state index contributed by atoms with van der Waals surface area (Å²) >= 11 is 6.20. The average Bonchev–Trinajstić information content (AvgIpc) is 3.14. The molecule has 0 bridgehead atoms. The molecule has 1 aromatic carbocycles. The summed E-state index contributed by atoms with van der Waals surface area (Å²) < 4.78 is 70.4. The van der Waals surface area contributed by atoms with E-state index in [1.165, 1.54) is 12.5 Å². The molecule has 2 fully saturated rings. The van der Waals surface area contributed by atoms with Crippen molar-refractivity contribution in [2.75, 3.05) is 35.8 Å². The summed E-state index contributed by atoms with van der Waals surface area (Å²) in [7, 11) is -4.73. The molecule has 6 nitrogen and oxygen atoms in total. The van der Waals surface area contributed by atoms with Crippen LogP contribution in [0.1, 0.15) is 32.6 Å². The van der Waals surface area contributed by atoms with E-state index in [4.69, 9.17) is 11.6 Å². The van der Waals surface area contributed by atoms with Crippen LogP contribution in [0.3, 0.4) is 0 Å². The zero-order valence-corrected chi connectivity index (χ0v) is 19.1. The highest BCUT2D eigenvalue weighted by Gasteiger charge is 2.41. The Kier molecular flexibility index (Phi) is 6.30. The van der Waals surface area contributed by atoms with E-state index in [1.54, 1.807) is 4.90 Å². The number of aromatic nitrogens is 1. The van der Waals surface area contributed by atoms with E-state index in [-0.39, 0.29) is 11.2 Å². The Morgan fingerprint density at radius 2 is 1.84 bits per heavy atom. The number of anilines is 2. The normalized spacial score (nSPS) is 22.3. The number of likely N-dealkylation sites (tertiary alicyclic amines) is 1. The van der Waals surface area contributed by atoms with Gasteiger partial charge < -0.3 is 4.90 Å². The third kappa shape index (κ3) is 4.40. The zero-order chi connectivity index (χ0) is 23.1. The van der Waals surface area contributed by atoms with E-state index in [1.807, 2.05) is 4.72 Å². The van der Waals surface area contributed by atoms with E-state index in [9.17, 15) is 17.2 Å². The van der Waals surface area contributed by atoms with Crippen molar-refractivity contribution in [1.82, 2.24) is 9.88 Å². The van der Waals surface area contributed by atoms with Crippen LogP contribution in [0.15, 0.2) is 29.2 Å². The lowest BCUT2D eigenvalue weighted by molar-refractivity contribution is 0.0978. The highest BCUT2D eigenvalue weighted by Crippen LogP contribution is 2.39. The molecule has 174 valence electrons. The van der Waals surface area contributed by atoms with E-state index >= 15 is 4.39 Å². The lowest BCUT2D eigenvalue weighted by Crippen LogP contribution is -2.50. The predicted molar refractivity (Wildman–Crippen MR) is 117 cm³/mol. The van der Waals surface area contributed by atoms with Crippen LogP contribution in [0.25, 0.3) is 0 Å². The number of rotatable bonds is 5. The van der Waals surface area contributed by atoms with Crippen molar-refractivity contribution in [1.29, 1.82) is 0 Å². The molecule has 0 spiro atoms. The van der Waals surface area contributed by atoms with E-state index < -0.39 is 43.3 Å². The van der Waals surface area contributed by atoms with Crippen molar-refractivity contribution in [3.63, 3.8) is 0 Å². The first-order valence-electron chi connectivity index (χ1n) is 10.4. The highest BCUT2D eigenvalue weighted by atomic mass is 35.5. The van der Waals surface area contributed by atoms with E-state index in [0.29, 0.717) is 13.1 Å². The molecule has 0 unspecified atom stereocenters. The Labute approximate surface area is 190 Å². The number of sulfonamides is 1. The van der Waals surface area contributed by atoms with Gasteiger partial charge in [-0.05, 0) is 51.4 Å². The van der Waals surface area contributed by atoms with Gasteiger partial charge in [0.2, 0.25) is 5.95 Å². The monoisotopic (exact) mass is 488 g/mol. The summed E-state index contributed by atoms with van der Waals surface area (Å²) in [4.78, 5) is 6.33. The molecule has 32 heavy (non-hydrogen) atoms. The number of piperidine rings is 1. The molecule has 1 atom stereocenters. The van der Waals surface area contributed by atoms with Crippen LogP contribution >= 0.6 is 11.6 Å². The van der Waals surface area contributed by atoms with Crippen LogP contribution in [-0.4, -0.2) is 50.0 Å². The molecule has 1 aromatic heterocycles. The van der Waals surface area contributed by atoms with Gasteiger partial charge in [-0.2, -0.15) is 4.39 Å². The Hall–Kier alpha value is -2.04. The van der Waals surface area contributed by atoms with Gasteiger partial charge in [-0.15, -0.1) is 0 Å². The fourth-order valence-electron chi connectivity index (χ4n) is 4.54. The van der Waals surface area contributed by atoms with Gasteiger partial charge in [0.1, 0.15) is 16.7 Å². The van der Waals surface area contributed by atoms with Crippen LogP contribution in [0.5, 0.6) is 0 Å². The van der Waals surface area contributed by atoms with Gasteiger partial charge in [0.25, 0.3) is 10.0 Å². The van der Waals surface area contributed by atoms with Gasteiger partial charge in [0.05, 0.1) is 5.69 Å². The van der Waals surface area contributed by atoms with Crippen molar-refractivity contribution in [3.05, 3.63) is 46.9 Å². The highest BCUT2D eigenvalue weighted by molar-refractivity contribution is 7.92. The maximum atomic E-state index is 15.1. The first-order chi connectivity index (χ1) is 15.1. The molecule has 4 rings (SSSR count). The second-order valence-corrected chi connectivity index (χ2v) is 10.5. The van der Waals surface area contributed by atoms with Crippen LogP contribution in [0.4, 0.5) is 24.7 Å². The standard InChI is InChI=1S/C21H24ClF3N4O2S/c1-21(29-9-3-2-4-10-29)8-11-28(13-21)15-12-14(23)20(19(25)18(15)22)32(30,31)27-17-7-5-6-16(24)26-17/h5-7,12H,2-4,8-11,13H2,1H3,(H,26,27)/t21-/m0/s1. The number of hydrogen-bond donors (Lipinski definition) is 1. The van der Waals surface area contributed by atoms with Crippen LogP contribution in [-0.2, 0) is 10.0 Å². The molecule has 0 saturated carbocycles. The fourth-order valence-corrected chi connectivity index (χ4v) is 6.01. The molecule has 2 aliphatic rings. The Morgan fingerprint density at radius 1 is 1.12 bits per heavy atom. The minimum atomic E-state index is -4.73. The number of nitrogens with zero attached hydrogens (tertiary/aromatic N) is 3. The topological polar surface area (TPSA) is 65.5 Å². The average molecular weight is 489 g/mol. The van der Waals surface area contributed by atoms with Crippen LogP contribution < -0.4 is 9.62 Å². The lowest BCUT2D eigenvalue weighted by atomic mass is 9.95. The van der Waals surface area contributed by atoms with Gasteiger partial charge in [-0.25, -0.2) is 22.2 Å². The Balaban J connectivity index is 1.62. The number of halogens is 4. The van der Waals surface area contributed by atoms with Gasteiger partial charge in [-0.1, -0.05) is 24.1 Å². The molecular weight excluding hydrogens is 465 g/mol. The molecular formula is C21H24ClF3N4O2S. The fraction of sp³-hybridized carbons (Fsp3) is 0.476. The maximum Gasteiger partial charge on any atom is 0.268 e. The molecule has 0 aliphatic carbocycles. The molecule has 0 amide bonds. The minimum absolute atomic E-state index is 0.116. The quantitative estimate of drug-likeness (QED) is 0.499. The molecule has 2 aliphatic heterocycles. The first-order valence-corrected chi connectivity index (χ1v) is 12.3. The van der Waals surface area contributed by atoms with Gasteiger partial charge in [-0.3, -0.25) is 9.62 Å². The van der Waals surface area contributed by atoms with Gasteiger partial charge in [0.15, 0.2) is 10.7 Å². The van der Waals surface area contributed by atoms with E-state index in [2.05, 4.69) is 16.8 Å². The summed E-state index contributed by atoms with van der Waals surface area (Å²) in [6, 6.07) is 4.34. The Bertz CT molecular complexity index is 1130. The summed E-state index contributed by atoms with van der Waals surface area (Å²) in [5, 5.41) is -0.470. The maximum absolute atomic E-state index is 15.1. The summed E-state index contributed by atoms with van der Waals surface area (Å²) in [5.41, 5.74) is -0.0308. The lowest BCUT2D eigenvalue weighted by Gasteiger charge is -2.41. The first kappa shape index (κ1) is 23.1. The molecule has 0 radical (unpaired) electrons. The third-order valence-electron chi connectivity index (χ3n) is 6.23. The number of benzene rings is 1. The number of pyridine rings is 1. The largest absolute Gasteiger partial charge is 0.368 e. The number of nitrogens with one attached hydrogen (secondary N) is 1. The SMILES string of the molecule is C[C@]1(N2CCCCC2)CCN(c2cc(F)c(S(=O)(=O)Nc3cccc(F)n3)c(F)c2Cl)C1. The van der Waals surface area contributed by atoms with Gasteiger partial charge >= 0.3 is 0 Å². The van der Waals surface area contributed by atoms with Crippen molar-refractivity contribution in [2.45, 2.75) is 43.0 Å². The van der Waals surface area contributed by atoms with Crippen LogP contribution in [0.2, 0.25) is 5.02 Å². The molecule has 11 heteroatoms. The molecule has 2 saturated heterocycles. The van der Waals surface area contributed by atoms with Crippen molar-refractivity contribution < 1.29 is 21.6 Å². The molecule has 1 N–H and O–H groups in total. The number of hydrogen-bond acceptors (Lipinski definition) is 5. The molecule has 2 aromatic rings. The second-order valence-electron chi connectivity index (χ2n) is 8.50. The van der Waals surface area contributed by atoms with Gasteiger partial charge in [0, 0.05) is 24.7 Å². The van der Waals surface area contributed by atoms with Crippen molar-refractivity contribution in [2.24, 2.45) is 0 Å².